The van der Waals surface area contributed by atoms with E-state index in [9.17, 15) is 0 Å². The molecule has 0 saturated carbocycles. The van der Waals surface area contributed by atoms with Crippen molar-refractivity contribution in [2.75, 3.05) is 6.61 Å². The lowest BCUT2D eigenvalue weighted by Crippen LogP contribution is -2.10. The van der Waals surface area contributed by atoms with E-state index < -0.39 is 0 Å². The Labute approximate surface area is 81.5 Å². The summed E-state index contributed by atoms with van der Waals surface area (Å²) in [5.41, 5.74) is 5.57. The third-order valence-corrected chi connectivity index (χ3v) is 1.83. The molecule has 13 heavy (non-hydrogen) atoms. The lowest BCUT2D eigenvalue weighted by molar-refractivity contribution is 0.341. The summed E-state index contributed by atoms with van der Waals surface area (Å²) >= 11 is 0. The largest absolute Gasteiger partial charge is 0.392 e. The molecule has 0 heterocycles. The Kier molecular flexibility index (Phi) is 4.76. The van der Waals surface area contributed by atoms with Gasteiger partial charge in [0.15, 0.2) is 0 Å². The van der Waals surface area contributed by atoms with Crippen molar-refractivity contribution < 1.29 is 5.11 Å². The molecule has 0 aliphatic heterocycles. The van der Waals surface area contributed by atoms with Crippen molar-refractivity contribution in [3.63, 3.8) is 0 Å². The molecule has 0 spiro atoms. The molecule has 0 fully saturated rings. The summed E-state index contributed by atoms with van der Waals surface area (Å²) in [6.07, 6.45) is 3.73. The molecule has 0 amide bonds. The van der Waals surface area contributed by atoms with Gasteiger partial charge in [-0.3, -0.25) is 0 Å². The van der Waals surface area contributed by atoms with Crippen LogP contribution in [0.4, 0.5) is 0 Å². The fraction of sp³-hybridized carbons (Fsp3) is 0.583. The molecule has 0 atom stereocenters. The van der Waals surface area contributed by atoms with Gasteiger partial charge < -0.3 is 5.11 Å². The van der Waals surface area contributed by atoms with E-state index in [1.165, 1.54) is 0 Å². The van der Waals surface area contributed by atoms with Crippen LogP contribution >= 0.6 is 0 Å². The third kappa shape index (κ3) is 4.12. The Bertz CT molecular complexity index is 245. The minimum atomic E-state index is 0.0856. The van der Waals surface area contributed by atoms with E-state index in [2.05, 4.69) is 26.5 Å². The first-order valence-electron chi connectivity index (χ1n) is 4.63. The lowest BCUT2D eigenvalue weighted by Gasteiger charge is -2.21. The molecule has 0 aliphatic rings. The highest BCUT2D eigenvalue weighted by Gasteiger charge is 2.17. The van der Waals surface area contributed by atoms with E-state index >= 15 is 0 Å². The molecule has 1 heteroatoms. The first kappa shape index (κ1) is 12.2. The second-order valence-corrected chi connectivity index (χ2v) is 4.13. The minimum Gasteiger partial charge on any atom is -0.392 e. The van der Waals surface area contributed by atoms with Gasteiger partial charge in [-0.2, -0.15) is 0 Å². The molecule has 0 saturated heterocycles. The molecular formula is C12H20O. The first-order chi connectivity index (χ1) is 5.93. The van der Waals surface area contributed by atoms with Crippen LogP contribution in [0, 0.1) is 5.41 Å². The summed E-state index contributed by atoms with van der Waals surface area (Å²) in [7, 11) is 0. The standard InChI is InChI=1S/C12H20O/c1-6-7-11(12(3,4)5)10(2)8-9-13/h6,8,13H,9H2,1-5H3/b10-8+. The van der Waals surface area contributed by atoms with Crippen LogP contribution in [-0.2, 0) is 0 Å². The maximum absolute atomic E-state index is 8.79. The Morgan fingerprint density at radius 3 is 2.23 bits per heavy atom. The van der Waals surface area contributed by atoms with Gasteiger partial charge in [0.05, 0.1) is 6.61 Å². The summed E-state index contributed by atoms with van der Waals surface area (Å²) in [5.74, 6) is 0. The highest BCUT2D eigenvalue weighted by molar-refractivity contribution is 5.33. The molecule has 0 radical (unpaired) electrons. The van der Waals surface area contributed by atoms with Gasteiger partial charge >= 0.3 is 0 Å². The van der Waals surface area contributed by atoms with Crippen molar-refractivity contribution in [2.24, 2.45) is 5.41 Å². The van der Waals surface area contributed by atoms with E-state index in [4.69, 9.17) is 5.11 Å². The van der Waals surface area contributed by atoms with Crippen molar-refractivity contribution >= 4 is 0 Å². The van der Waals surface area contributed by atoms with Crippen LogP contribution in [0.3, 0.4) is 0 Å². The van der Waals surface area contributed by atoms with E-state index in [-0.39, 0.29) is 12.0 Å². The van der Waals surface area contributed by atoms with Crippen LogP contribution < -0.4 is 0 Å². The molecule has 0 aromatic carbocycles. The van der Waals surface area contributed by atoms with Gasteiger partial charge in [-0.15, -0.1) is 5.73 Å². The highest BCUT2D eigenvalue weighted by Crippen LogP contribution is 2.29. The average molecular weight is 180 g/mol. The van der Waals surface area contributed by atoms with Gasteiger partial charge in [-0.25, -0.2) is 0 Å². The Morgan fingerprint density at radius 1 is 1.38 bits per heavy atom. The summed E-state index contributed by atoms with van der Waals surface area (Å²) in [4.78, 5) is 0. The van der Waals surface area contributed by atoms with Gasteiger partial charge in [0.2, 0.25) is 0 Å². The zero-order valence-corrected chi connectivity index (χ0v) is 9.31. The Hall–Kier alpha value is -0.780. The number of allylic oxidation sites excluding steroid dienone is 2. The smallest absolute Gasteiger partial charge is 0.0618 e. The second-order valence-electron chi connectivity index (χ2n) is 4.13. The van der Waals surface area contributed by atoms with Gasteiger partial charge in [-0.05, 0) is 30.9 Å². The molecule has 0 aromatic heterocycles. The van der Waals surface area contributed by atoms with Gasteiger partial charge in [0.1, 0.15) is 0 Å². The van der Waals surface area contributed by atoms with Crippen LogP contribution in [0.15, 0.2) is 29.0 Å². The lowest BCUT2D eigenvalue weighted by atomic mass is 9.83. The second kappa shape index (κ2) is 5.06. The van der Waals surface area contributed by atoms with Crippen LogP contribution in [0.2, 0.25) is 0 Å². The van der Waals surface area contributed by atoms with Crippen LogP contribution in [0.25, 0.3) is 0 Å². The third-order valence-electron chi connectivity index (χ3n) is 1.83. The molecule has 0 rings (SSSR count). The van der Waals surface area contributed by atoms with Crippen LogP contribution in [0.1, 0.15) is 34.6 Å². The van der Waals surface area contributed by atoms with E-state index in [0.29, 0.717) is 0 Å². The zero-order valence-electron chi connectivity index (χ0n) is 9.31. The Morgan fingerprint density at radius 2 is 1.92 bits per heavy atom. The number of aliphatic hydroxyl groups is 1. The Balaban J connectivity index is 5.09. The molecule has 1 nitrogen and oxygen atoms in total. The fourth-order valence-corrected chi connectivity index (χ4v) is 1.31. The van der Waals surface area contributed by atoms with E-state index in [0.717, 1.165) is 11.1 Å². The maximum Gasteiger partial charge on any atom is 0.0618 e. The highest BCUT2D eigenvalue weighted by atomic mass is 16.2. The van der Waals surface area contributed by atoms with Crippen LogP contribution in [0.5, 0.6) is 0 Å². The summed E-state index contributed by atoms with van der Waals surface area (Å²) in [6.45, 7) is 10.5. The molecule has 0 unspecified atom stereocenters. The van der Waals surface area contributed by atoms with Gasteiger partial charge in [0.25, 0.3) is 0 Å². The quantitative estimate of drug-likeness (QED) is 0.511. The molecule has 1 N–H and O–H groups in total. The number of hydrogen-bond donors (Lipinski definition) is 1. The average Bonchev–Trinajstić information content (AvgIpc) is 1.98. The predicted molar refractivity (Wildman–Crippen MR) is 57.6 cm³/mol. The number of hydrogen-bond acceptors (Lipinski definition) is 1. The molecule has 0 aliphatic carbocycles. The molecule has 0 bridgehead atoms. The number of rotatable bonds is 2. The molecule has 74 valence electrons. The van der Waals surface area contributed by atoms with Crippen molar-refractivity contribution in [3.05, 3.63) is 29.0 Å². The zero-order chi connectivity index (χ0) is 10.5. The maximum atomic E-state index is 8.79. The molecule has 0 aromatic rings. The fourth-order valence-electron chi connectivity index (χ4n) is 1.31. The minimum absolute atomic E-state index is 0.0856. The van der Waals surface area contributed by atoms with Crippen molar-refractivity contribution in [1.82, 2.24) is 0 Å². The van der Waals surface area contributed by atoms with Gasteiger partial charge in [0, 0.05) is 5.57 Å². The number of aliphatic hydroxyl groups excluding tert-OH is 1. The summed E-state index contributed by atoms with van der Waals surface area (Å²) < 4.78 is 0. The van der Waals surface area contributed by atoms with E-state index in [1.807, 2.05) is 26.0 Å². The summed E-state index contributed by atoms with van der Waals surface area (Å²) in [5, 5.41) is 8.79. The summed E-state index contributed by atoms with van der Waals surface area (Å²) in [6, 6.07) is 0. The van der Waals surface area contributed by atoms with Crippen molar-refractivity contribution in [1.29, 1.82) is 0 Å². The van der Waals surface area contributed by atoms with Crippen molar-refractivity contribution in [3.8, 4) is 0 Å². The first-order valence-corrected chi connectivity index (χ1v) is 4.63. The monoisotopic (exact) mass is 180 g/mol. The SMILES string of the molecule is CC=C=C(/C(C)=C/CO)C(C)(C)C. The van der Waals surface area contributed by atoms with E-state index in [1.54, 1.807) is 0 Å². The predicted octanol–water partition coefficient (Wildman–Crippen LogP) is 3.07. The van der Waals surface area contributed by atoms with Crippen LogP contribution in [-0.4, -0.2) is 11.7 Å². The van der Waals surface area contributed by atoms with Gasteiger partial charge in [-0.1, -0.05) is 26.8 Å². The molecular weight excluding hydrogens is 160 g/mol. The van der Waals surface area contributed by atoms with Crippen molar-refractivity contribution in [2.45, 2.75) is 34.6 Å². The normalized spacial score (nSPS) is 12.3. The topological polar surface area (TPSA) is 20.2 Å².